The number of methoxy groups -OCH3 is 3. The van der Waals surface area contributed by atoms with Gasteiger partial charge in [0.25, 0.3) is 0 Å². The number of ketones is 1. The van der Waals surface area contributed by atoms with Crippen LogP contribution in [0.2, 0.25) is 0 Å². The van der Waals surface area contributed by atoms with Crippen LogP contribution in [0.15, 0.2) is 36.4 Å². The lowest BCUT2D eigenvalue weighted by atomic mass is 10.0. The minimum atomic E-state index is -0.129. The third-order valence-corrected chi connectivity index (χ3v) is 3.80. The molecule has 0 N–H and O–H groups in total. The average molecular weight is 326 g/mol. The van der Waals surface area contributed by atoms with Crippen molar-refractivity contribution in [2.24, 2.45) is 0 Å². The Labute approximate surface area is 142 Å². The van der Waals surface area contributed by atoms with Crippen molar-refractivity contribution >= 4 is 11.9 Å². The van der Waals surface area contributed by atoms with Gasteiger partial charge in [0.05, 0.1) is 21.3 Å². The Morgan fingerprint density at radius 2 is 1.54 bits per heavy atom. The Balaban J connectivity index is 2.36. The number of benzene rings is 2. The van der Waals surface area contributed by atoms with Gasteiger partial charge in [-0.05, 0) is 43.2 Å². The Morgan fingerprint density at radius 3 is 2.08 bits per heavy atom. The van der Waals surface area contributed by atoms with Crippen LogP contribution >= 0.6 is 0 Å². The van der Waals surface area contributed by atoms with Crippen molar-refractivity contribution in [1.82, 2.24) is 0 Å². The molecule has 0 aliphatic rings. The van der Waals surface area contributed by atoms with Gasteiger partial charge in [0.2, 0.25) is 5.75 Å². The fraction of sp³-hybridized carbons (Fsp3) is 0.250. The molecule has 0 aliphatic carbocycles. The maximum atomic E-state index is 12.5. The van der Waals surface area contributed by atoms with Crippen LogP contribution in [0.3, 0.4) is 0 Å². The highest BCUT2D eigenvalue weighted by Crippen LogP contribution is 2.38. The van der Waals surface area contributed by atoms with Gasteiger partial charge in [0.1, 0.15) is 0 Å². The van der Waals surface area contributed by atoms with Gasteiger partial charge in [-0.25, -0.2) is 0 Å². The van der Waals surface area contributed by atoms with E-state index in [1.54, 1.807) is 18.2 Å². The molecule has 0 amide bonds. The summed E-state index contributed by atoms with van der Waals surface area (Å²) in [6, 6.07) is 9.44. The molecule has 0 heterocycles. The van der Waals surface area contributed by atoms with Gasteiger partial charge in [-0.3, -0.25) is 4.79 Å². The van der Waals surface area contributed by atoms with Crippen molar-refractivity contribution in [1.29, 1.82) is 0 Å². The van der Waals surface area contributed by atoms with Crippen molar-refractivity contribution in [3.05, 3.63) is 58.7 Å². The molecule has 0 aromatic heterocycles. The van der Waals surface area contributed by atoms with Gasteiger partial charge >= 0.3 is 0 Å². The summed E-state index contributed by atoms with van der Waals surface area (Å²) in [5.41, 5.74) is 3.77. The van der Waals surface area contributed by atoms with Crippen LogP contribution in [-0.2, 0) is 0 Å². The molecule has 126 valence electrons. The zero-order chi connectivity index (χ0) is 17.7. The Hall–Kier alpha value is -2.75. The zero-order valence-electron chi connectivity index (χ0n) is 14.7. The molecule has 0 spiro atoms. The largest absolute Gasteiger partial charge is 0.493 e. The number of carbonyl (C=O) groups excluding carboxylic acids is 1. The van der Waals surface area contributed by atoms with Crippen molar-refractivity contribution < 1.29 is 19.0 Å². The summed E-state index contributed by atoms with van der Waals surface area (Å²) in [4.78, 5) is 12.5. The quantitative estimate of drug-likeness (QED) is 0.589. The molecule has 0 radical (unpaired) electrons. The number of rotatable bonds is 6. The number of aryl methyl sites for hydroxylation is 2. The predicted octanol–water partition coefficient (Wildman–Crippen LogP) is 4.23. The molecule has 4 nitrogen and oxygen atoms in total. The van der Waals surface area contributed by atoms with Crippen LogP contribution in [-0.4, -0.2) is 27.1 Å². The molecule has 2 aromatic rings. The van der Waals surface area contributed by atoms with E-state index < -0.39 is 0 Å². The maximum absolute atomic E-state index is 12.5. The molecular weight excluding hydrogens is 304 g/mol. The van der Waals surface area contributed by atoms with Gasteiger partial charge in [0, 0.05) is 5.56 Å². The lowest BCUT2D eigenvalue weighted by Gasteiger charge is -2.13. The molecule has 0 atom stereocenters. The van der Waals surface area contributed by atoms with Gasteiger partial charge in [0.15, 0.2) is 17.3 Å². The lowest BCUT2D eigenvalue weighted by molar-refractivity contribution is 0.104. The van der Waals surface area contributed by atoms with Crippen LogP contribution < -0.4 is 14.2 Å². The molecular formula is C20H22O4. The van der Waals surface area contributed by atoms with Crippen molar-refractivity contribution in [2.75, 3.05) is 21.3 Å². The molecule has 0 aliphatic heterocycles. The van der Waals surface area contributed by atoms with E-state index >= 15 is 0 Å². The zero-order valence-corrected chi connectivity index (χ0v) is 14.7. The summed E-state index contributed by atoms with van der Waals surface area (Å²) < 4.78 is 15.8. The van der Waals surface area contributed by atoms with E-state index in [4.69, 9.17) is 14.2 Å². The molecule has 2 aromatic carbocycles. The van der Waals surface area contributed by atoms with Gasteiger partial charge in [-0.1, -0.05) is 29.8 Å². The summed E-state index contributed by atoms with van der Waals surface area (Å²) in [5, 5.41) is 0. The first kappa shape index (κ1) is 17.6. The molecule has 0 bridgehead atoms. The Morgan fingerprint density at radius 1 is 0.917 bits per heavy atom. The monoisotopic (exact) mass is 326 g/mol. The third kappa shape index (κ3) is 3.77. The van der Waals surface area contributed by atoms with E-state index in [0.717, 1.165) is 16.7 Å². The molecule has 2 rings (SSSR count). The molecule has 0 unspecified atom stereocenters. The maximum Gasteiger partial charge on any atom is 0.203 e. The second-order valence-electron chi connectivity index (χ2n) is 5.47. The highest BCUT2D eigenvalue weighted by Gasteiger charge is 2.15. The fourth-order valence-corrected chi connectivity index (χ4v) is 2.42. The van der Waals surface area contributed by atoms with Gasteiger partial charge < -0.3 is 14.2 Å². The summed E-state index contributed by atoms with van der Waals surface area (Å²) >= 11 is 0. The topological polar surface area (TPSA) is 44.8 Å². The molecule has 0 fully saturated rings. The second-order valence-corrected chi connectivity index (χ2v) is 5.47. The van der Waals surface area contributed by atoms with Crippen LogP contribution in [0, 0.1) is 13.8 Å². The molecule has 0 saturated heterocycles. The normalized spacial score (nSPS) is 10.7. The minimum absolute atomic E-state index is 0.129. The van der Waals surface area contributed by atoms with E-state index in [0.29, 0.717) is 22.8 Å². The minimum Gasteiger partial charge on any atom is -0.493 e. The highest BCUT2D eigenvalue weighted by atomic mass is 16.5. The van der Waals surface area contributed by atoms with Crippen LogP contribution in [0.25, 0.3) is 6.08 Å². The Bertz CT molecular complexity index is 750. The Kier molecular flexibility index (Phi) is 5.64. The summed E-state index contributed by atoms with van der Waals surface area (Å²) in [7, 11) is 4.58. The number of hydrogen-bond donors (Lipinski definition) is 0. The van der Waals surface area contributed by atoms with Crippen molar-refractivity contribution in [2.45, 2.75) is 13.8 Å². The number of hydrogen-bond acceptors (Lipinski definition) is 4. The number of allylic oxidation sites excluding steroid dienone is 1. The predicted molar refractivity (Wildman–Crippen MR) is 95.4 cm³/mol. The van der Waals surface area contributed by atoms with E-state index in [9.17, 15) is 4.79 Å². The second kappa shape index (κ2) is 7.68. The SMILES string of the molecule is COc1cc(C(=O)C=Cc2cc(C)ccc2C)cc(OC)c1OC. The number of carbonyl (C=O) groups is 1. The standard InChI is InChI=1S/C20H22O4/c1-13-6-7-14(2)15(10-13)8-9-17(21)16-11-18(22-3)20(24-5)19(12-16)23-4/h6-12H,1-5H3. The molecule has 4 heteroatoms. The van der Waals surface area contributed by atoms with E-state index in [1.165, 1.54) is 21.3 Å². The summed E-state index contributed by atoms with van der Waals surface area (Å²) in [5.74, 6) is 1.26. The third-order valence-electron chi connectivity index (χ3n) is 3.80. The highest BCUT2D eigenvalue weighted by molar-refractivity contribution is 6.07. The van der Waals surface area contributed by atoms with Crippen LogP contribution in [0.1, 0.15) is 27.0 Å². The molecule has 24 heavy (non-hydrogen) atoms. The first-order valence-corrected chi connectivity index (χ1v) is 7.59. The summed E-state index contributed by atoms with van der Waals surface area (Å²) in [6.45, 7) is 4.04. The van der Waals surface area contributed by atoms with Gasteiger partial charge in [-0.15, -0.1) is 0 Å². The first-order valence-electron chi connectivity index (χ1n) is 7.59. The first-order chi connectivity index (χ1) is 11.5. The number of ether oxygens (including phenoxy) is 3. The van der Waals surface area contributed by atoms with Crippen LogP contribution in [0.4, 0.5) is 0 Å². The fourth-order valence-electron chi connectivity index (χ4n) is 2.42. The van der Waals surface area contributed by atoms with Crippen molar-refractivity contribution in [3.8, 4) is 17.2 Å². The van der Waals surface area contributed by atoms with E-state index in [1.807, 2.05) is 38.1 Å². The smallest absolute Gasteiger partial charge is 0.203 e. The average Bonchev–Trinajstić information content (AvgIpc) is 2.60. The summed E-state index contributed by atoms with van der Waals surface area (Å²) in [6.07, 6.45) is 3.39. The van der Waals surface area contributed by atoms with Gasteiger partial charge in [-0.2, -0.15) is 0 Å². The van der Waals surface area contributed by atoms with Crippen LogP contribution in [0.5, 0.6) is 17.2 Å². The molecule has 0 saturated carbocycles. The van der Waals surface area contributed by atoms with Crippen molar-refractivity contribution in [3.63, 3.8) is 0 Å². The van der Waals surface area contributed by atoms with E-state index in [-0.39, 0.29) is 5.78 Å². The lowest BCUT2D eigenvalue weighted by Crippen LogP contribution is -2.00. The van der Waals surface area contributed by atoms with E-state index in [2.05, 4.69) is 0 Å².